The van der Waals surface area contributed by atoms with Crippen molar-refractivity contribution in [1.82, 2.24) is 19.9 Å². The molecular formula is C25H31N5O2. The van der Waals surface area contributed by atoms with Crippen LogP contribution < -0.4 is 9.64 Å². The van der Waals surface area contributed by atoms with Crippen LogP contribution in [0.15, 0.2) is 55.0 Å². The number of hydrogen-bond donors (Lipinski definition) is 0. The Hall–Kier alpha value is -3.03. The Kier molecular flexibility index (Phi) is 7.29. The predicted molar refractivity (Wildman–Crippen MR) is 125 cm³/mol. The van der Waals surface area contributed by atoms with E-state index in [2.05, 4.69) is 33.1 Å². The fourth-order valence-electron chi connectivity index (χ4n) is 3.84. The van der Waals surface area contributed by atoms with Gasteiger partial charge in [0.1, 0.15) is 11.9 Å². The fraction of sp³-hybridized carbons (Fsp3) is 0.400. The van der Waals surface area contributed by atoms with Gasteiger partial charge in [-0.15, -0.1) is 0 Å². The highest BCUT2D eigenvalue weighted by Gasteiger charge is 2.23. The Morgan fingerprint density at radius 3 is 2.53 bits per heavy atom. The second-order valence-corrected chi connectivity index (χ2v) is 8.19. The van der Waals surface area contributed by atoms with Crippen LogP contribution in [0, 0.1) is 0 Å². The van der Waals surface area contributed by atoms with E-state index in [-0.39, 0.29) is 6.10 Å². The van der Waals surface area contributed by atoms with E-state index in [1.54, 1.807) is 0 Å². The number of aromatic nitrogens is 3. The maximum Gasteiger partial charge on any atom is 0.224 e. The van der Waals surface area contributed by atoms with E-state index in [0.29, 0.717) is 13.2 Å². The topological polar surface area (TPSA) is 63.6 Å². The smallest absolute Gasteiger partial charge is 0.224 e. The standard InChI is InChI=1S/C25H31N5O2/c1-4-31-23-8-6-5-7-21(23)13-19-9-10-22(26-14-19)24-18-30(11-12-32-24)17-20-15-27-25(28-16-20)29(2)3/h5-10,14-16,24H,4,11-13,17-18H2,1-3H3/t24-/m0/s1. The highest BCUT2D eigenvalue weighted by Crippen LogP contribution is 2.24. The summed E-state index contributed by atoms with van der Waals surface area (Å²) in [6.45, 7) is 5.85. The Morgan fingerprint density at radius 2 is 1.81 bits per heavy atom. The van der Waals surface area contributed by atoms with E-state index < -0.39 is 0 Å². The molecule has 1 aliphatic heterocycles. The summed E-state index contributed by atoms with van der Waals surface area (Å²) < 4.78 is 11.8. The van der Waals surface area contributed by atoms with Gasteiger partial charge in [0.05, 0.1) is 18.9 Å². The van der Waals surface area contributed by atoms with Crippen molar-refractivity contribution in [3.05, 3.63) is 77.4 Å². The van der Waals surface area contributed by atoms with Crippen LogP contribution >= 0.6 is 0 Å². The van der Waals surface area contributed by atoms with Crippen LogP contribution in [-0.4, -0.2) is 60.3 Å². The number of nitrogens with zero attached hydrogens (tertiary/aromatic N) is 5. The first-order valence-corrected chi connectivity index (χ1v) is 11.1. The molecule has 0 amide bonds. The van der Waals surface area contributed by atoms with Gasteiger partial charge in [-0.3, -0.25) is 9.88 Å². The lowest BCUT2D eigenvalue weighted by atomic mass is 10.0. The second kappa shape index (κ2) is 10.5. The molecule has 0 N–H and O–H groups in total. The summed E-state index contributed by atoms with van der Waals surface area (Å²) in [6.07, 6.45) is 6.52. The molecular weight excluding hydrogens is 402 g/mol. The zero-order valence-electron chi connectivity index (χ0n) is 19.1. The van der Waals surface area contributed by atoms with Crippen LogP contribution in [0.3, 0.4) is 0 Å². The molecule has 4 rings (SSSR count). The first-order chi connectivity index (χ1) is 15.6. The number of morpholine rings is 1. The van der Waals surface area contributed by atoms with E-state index in [0.717, 1.165) is 54.6 Å². The average Bonchev–Trinajstić information content (AvgIpc) is 2.82. The second-order valence-electron chi connectivity index (χ2n) is 8.19. The lowest BCUT2D eigenvalue weighted by molar-refractivity contribution is -0.0350. The Labute approximate surface area is 190 Å². The summed E-state index contributed by atoms with van der Waals surface area (Å²) >= 11 is 0. The molecule has 7 nitrogen and oxygen atoms in total. The van der Waals surface area contributed by atoms with Crippen LogP contribution in [0.1, 0.15) is 35.4 Å². The molecule has 2 aromatic heterocycles. The molecule has 3 heterocycles. The summed E-state index contributed by atoms with van der Waals surface area (Å²) in [5.74, 6) is 1.66. The van der Waals surface area contributed by atoms with Crippen molar-refractivity contribution in [1.29, 1.82) is 0 Å². The summed E-state index contributed by atoms with van der Waals surface area (Å²) in [4.78, 5) is 17.8. The maximum absolute atomic E-state index is 6.03. The Balaban J connectivity index is 1.37. The van der Waals surface area contributed by atoms with Crippen LogP contribution in [0.4, 0.5) is 5.95 Å². The van der Waals surface area contributed by atoms with Gasteiger partial charge in [0.2, 0.25) is 5.95 Å². The molecule has 1 aliphatic rings. The lowest BCUT2D eigenvalue weighted by Crippen LogP contribution is -2.38. The number of ether oxygens (including phenoxy) is 2. The maximum atomic E-state index is 6.03. The molecule has 1 saturated heterocycles. The van der Waals surface area contributed by atoms with Crippen LogP contribution in [0.2, 0.25) is 0 Å². The van der Waals surface area contributed by atoms with Gasteiger partial charge >= 0.3 is 0 Å². The average molecular weight is 434 g/mol. The first-order valence-electron chi connectivity index (χ1n) is 11.1. The molecule has 1 fully saturated rings. The number of rotatable bonds is 8. The number of pyridine rings is 1. The summed E-state index contributed by atoms with van der Waals surface area (Å²) in [5.41, 5.74) is 4.40. The van der Waals surface area contributed by atoms with Crippen LogP contribution in [-0.2, 0) is 17.7 Å². The van der Waals surface area contributed by atoms with Gasteiger partial charge in [0, 0.05) is 64.3 Å². The summed E-state index contributed by atoms with van der Waals surface area (Å²) in [7, 11) is 3.88. The lowest BCUT2D eigenvalue weighted by Gasteiger charge is -2.32. The molecule has 32 heavy (non-hydrogen) atoms. The monoisotopic (exact) mass is 433 g/mol. The molecule has 0 bridgehead atoms. The van der Waals surface area contributed by atoms with E-state index in [9.17, 15) is 0 Å². The minimum atomic E-state index is -0.0320. The van der Waals surface area contributed by atoms with Crippen molar-refractivity contribution in [2.24, 2.45) is 0 Å². The van der Waals surface area contributed by atoms with Gasteiger partial charge in [-0.05, 0) is 30.2 Å². The van der Waals surface area contributed by atoms with Gasteiger partial charge in [-0.25, -0.2) is 9.97 Å². The molecule has 3 aromatic rings. The molecule has 1 atom stereocenters. The molecule has 168 valence electrons. The molecule has 0 radical (unpaired) electrons. The largest absolute Gasteiger partial charge is 0.494 e. The van der Waals surface area contributed by atoms with Crippen LogP contribution in [0.5, 0.6) is 5.75 Å². The number of benzene rings is 1. The molecule has 1 aromatic carbocycles. The minimum absolute atomic E-state index is 0.0320. The van der Waals surface area contributed by atoms with Crippen molar-refractivity contribution >= 4 is 5.95 Å². The van der Waals surface area contributed by atoms with Crippen molar-refractivity contribution < 1.29 is 9.47 Å². The normalized spacial score (nSPS) is 16.7. The van der Waals surface area contributed by atoms with Crippen molar-refractivity contribution in [2.45, 2.75) is 26.0 Å². The van der Waals surface area contributed by atoms with Gasteiger partial charge < -0.3 is 14.4 Å². The van der Waals surface area contributed by atoms with Gasteiger partial charge in [0.15, 0.2) is 0 Å². The van der Waals surface area contributed by atoms with E-state index in [4.69, 9.17) is 14.5 Å². The zero-order chi connectivity index (χ0) is 22.3. The quantitative estimate of drug-likeness (QED) is 0.539. The predicted octanol–water partition coefficient (Wildman–Crippen LogP) is 3.50. The molecule has 0 spiro atoms. The van der Waals surface area contributed by atoms with E-state index in [1.807, 2.05) is 62.7 Å². The molecule has 0 unspecified atom stereocenters. The number of para-hydroxylation sites is 1. The summed E-state index contributed by atoms with van der Waals surface area (Å²) in [6, 6.07) is 12.4. The highest BCUT2D eigenvalue weighted by molar-refractivity contribution is 5.37. The van der Waals surface area contributed by atoms with Gasteiger partial charge in [-0.2, -0.15) is 0 Å². The Morgan fingerprint density at radius 1 is 1.03 bits per heavy atom. The fourth-order valence-corrected chi connectivity index (χ4v) is 3.84. The molecule has 0 aliphatic carbocycles. The van der Waals surface area contributed by atoms with Crippen molar-refractivity contribution in [3.8, 4) is 5.75 Å². The van der Waals surface area contributed by atoms with Crippen molar-refractivity contribution in [2.75, 3.05) is 45.3 Å². The third kappa shape index (κ3) is 5.60. The number of hydrogen-bond acceptors (Lipinski definition) is 7. The van der Waals surface area contributed by atoms with Crippen LogP contribution in [0.25, 0.3) is 0 Å². The van der Waals surface area contributed by atoms with E-state index >= 15 is 0 Å². The van der Waals surface area contributed by atoms with Gasteiger partial charge in [0.25, 0.3) is 0 Å². The molecule has 7 heteroatoms. The van der Waals surface area contributed by atoms with Crippen molar-refractivity contribution in [3.63, 3.8) is 0 Å². The summed E-state index contributed by atoms with van der Waals surface area (Å²) in [5, 5.41) is 0. The van der Waals surface area contributed by atoms with Gasteiger partial charge in [-0.1, -0.05) is 24.3 Å². The highest BCUT2D eigenvalue weighted by atomic mass is 16.5. The first kappa shape index (κ1) is 22.2. The zero-order valence-corrected chi connectivity index (χ0v) is 19.1. The SMILES string of the molecule is CCOc1ccccc1Cc1ccc([C@@H]2CN(Cc3cnc(N(C)C)nc3)CCO2)nc1. The third-order valence-corrected chi connectivity index (χ3v) is 5.49. The third-order valence-electron chi connectivity index (χ3n) is 5.49. The van der Waals surface area contributed by atoms with E-state index in [1.165, 1.54) is 5.56 Å². The minimum Gasteiger partial charge on any atom is -0.494 e. The Bertz CT molecular complexity index is 992. The number of anilines is 1. The molecule has 0 saturated carbocycles.